The molecule has 0 aliphatic carbocycles. The standard InChI is InChI=1S/C39H47N5O4/c1-5-7-19-42(20-8-6-2)39(48)35-21-28(4)44(41-35)36-18-17-32(40-37(46)23-29-14-10-9-13-27(29)3)24-34(36)38(47)43-25-31-16-12-11-15-30(31)22-33(43)26-45/h9-18,21,24,33,45H,5-8,19-20,22-23,25-26H2,1-4H3,(H,40,46)/t33-/m0/s1. The molecule has 0 bridgehead atoms. The molecule has 0 saturated carbocycles. The Kier molecular flexibility index (Phi) is 11.4. The van der Waals surface area contributed by atoms with Gasteiger partial charge in [0.25, 0.3) is 11.8 Å². The Morgan fingerprint density at radius 2 is 1.60 bits per heavy atom. The summed E-state index contributed by atoms with van der Waals surface area (Å²) >= 11 is 0. The number of amides is 3. The number of aryl methyl sites for hydroxylation is 2. The Labute approximate surface area is 283 Å². The third-order valence-corrected chi connectivity index (χ3v) is 9.14. The molecule has 252 valence electrons. The highest BCUT2D eigenvalue weighted by atomic mass is 16.3. The quantitative estimate of drug-likeness (QED) is 0.178. The lowest BCUT2D eigenvalue weighted by atomic mass is 9.93. The summed E-state index contributed by atoms with van der Waals surface area (Å²) in [4.78, 5) is 44.9. The Morgan fingerprint density at radius 3 is 2.29 bits per heavy atom. The summed E-state index contributed by atoms with van der Waals surface area (Å²) in [6.07, 6.45) is 4.53. The molecular weight excluding hydrogens is 602 g/mol. The van der Waals surface area contributed by atoms with Crippen LogP contribution in [0.4, 0.5) is 5.69 Å². The van der Waals surface area contributed by atoms with Crippen LogP contribution < -0.4 is 5.32 Å². The van der Waals surface area contributed by atoms with E-state index in [2.05, 4.69) is 19.2 Å². The lowest BCUT2D eigenvalue weighted by molar-refractivity contribution is -0.115. The number of hydrogen-bond acceptors (Lipinski definition) is 5. The second-order valence-corrected chi connectivity index (χ2v) is 12.7. The molecule has 2 heterocycles. The molecule has 1 aliphatic heterocycles. The molecule has 0 radical (unpaired) electrons. The van der Waals surface area contributed by atoms with Crippen LogP contribution in [-0.2, 0) is 24.2 Å². The van der Waals surface area contributed by atoms with Crippen LogP contribution >= 0.6 is 0 Å². The smallest absolute Gasteiger partial charge is 0.274 e. The Bertz CT molecular complexity index is 1750. The van der Waals surface area contributed by atoms with Crippen LogP contribution in [0.2, 0.25) is 0 Å². The van der Waals surface area contributed by atoms with E-state index in [9.17, 15) is 19.5 Å². The van der Waals surface area contributed by atoms with E-state index in [1.54, 1.807) is 33.8 Å². The van der Waals surface area contributed by atoms with E-state index >= 15 is 0 Å². The van der Waals surface area contributed by atoms with Crippen LogP contribution in [0.15, 0.2) is 72.8 Å². The van der Waals surface area contributed by atoms with Gasteiger partial charge in [0, 0.05) is 31.0 Å². The Hall–Kier alpha value is -4.76. The minimum absolute atomic E-state index is 0.125. The molecule has 3 amide bonds. The molecule has 0 spiro atoms. The van der Waals surface area contributed by atoms with Crippen molar-refractivity contribution in [3.63, 3.8) is 0 Å². The molecule has 0 saturated heterocycles. The molecule has 2 N–H and O–H groups in total. The van der Waals surface area contributed by atoms with E-state index in [0.717, 1.165) is 47.9 Å². The molecular formula is C39H47N5O4. The summed E-state index contributed by atoms with van der Waals surface area (Å²) in [6.45, 7) is 9.55. The number of fused-ring (bicyclic) bond motifs is 1. The molecule has 0 fully saturated rings. The first-order chi connectivity index (χ1) is 23.2. The molecule has 1 aromatic heterocycles. The number of carbonyl (C=O) groups excluding carboxylic acids is 3. The third kappa shape index (κ3) is 7.85. The number of hydrogen-bond donors (Lipinski definition) is 2. The summed E-state index contributed by atoms with van der Waals surface area (Å²) in [5, 5.41) is 18.1. The van der Waals surface area contributed by atoms with Gasteiger partial charge in [-0.25, -0.2) is 4.68 Å². The summed E-state index contributed by atoms with van der Waals surface area (Å²) in [5.74, 6) is -0.610. The zero-order valence-electron chi connectivity index (χ0n) is 28.5. The maximum absolute atomic E-state index is 14.5. The van der Waals surface area contributed by atoms with Gasteiger partial charge in [-0.2, -0.15) is 5.10 Å². The molecule has 5 rings (SSSR count). The zero-order chi connectivity index (χ0) is 34.2. The second-order valence-electron chi connectivity index (χ2n) is 12.7. The highest BCUT2D eigenvalue weighted by Crippen LogP contribution is 2.29. The number of nitrogens with zero attached hydrogens (tertiary/aromatic N) is 4. The normalized spacial score (nSPS) is 14.0. The van der Waals surface area contributed by atoms with Crippen LogP contribution in [-0.4, -0.2) is 68.1 Å². The van der Waals surface area contributed by atoms with E-state index in [1.807, 2.05) is 67.3 Å². The fraction of sp³-hybridized carbons (Fsp3) is 0.385. The van der Waals surface area contributed by atoms with Gasteiger partial charge in [-0.15, -0.1) is 0 Å². The number of anilines is 1. The monoisotopic (exact) mass is 649 g/mol. The number of rotatable bonds is 13. The summed E-state index contributed by atoms with van der Waals surface area (Å²) in [5.41, 5.74) is 6.43. The average molecular weight is 650 g/mol. The van der Waals surface area contributed by atoms with Gasteiger partial charge in [0.05, 0.1) is 30.3 Å². The number of aromatic nitrogens is 2. The predicted octanol–water partition coefficient (Wildman–Crippen LogP) is 6.27. The van der Waals surface area contributed by atoms with Crippen LogP contribution in [0.25, 0.3) is 5.69 Å². The van der Waals surface area contributed by atoms with E-state index in [4.69, 9.17) is 5.10 Å². The molecule has 1 aliphatic rings. The van der Waals surface area contributed by atoms with E-state index in [1.165, 1.54) is 0 Å². The highest BCUT2D eigenvalue weighted by molar-refractivity contribution is 6.01. The maximum atomic E-state index is 14.5. The minimum atomic E-state index is -0.416. The van der Waals surface area contributed by atoms with Crippen molar-refractivity contribution in [2.45, 2.75) is 78.8 Å². The topological polar surface area (TPSA) is 108 Å². The predicted molar refractivity (Wildman–Crippen MR) is 188 cm³/mol. The van der Waals surface area contributed by atoms with Gasteiger partial charge < -0.3 is 20.2 Å². The number of unbranched alkanes of at least 4 members (excludes halogenated alkanes) is 2. The first-order valence-corrected chi connectivity index (χ1v) is 17.1. The summed E-state index contributed by atoms with van der Waals surface area (Å²) in [7, 11) is 0. The molecule has 9 heteroatoms. The summed E-state index contributed by atoms with van der Waals surface area (Å²) < 4.78 is 1.64. The van der Waals surface area contributed by atoms with Gasteiger partial charge in [0.15, 0.2) is 5.69 Å². The van der Waals surface area contributed by atoms with Gasteiger partial charge in [-0.05, 0) is 79.6 Å². The highest BCUT2D eigenvalue weighted by Gasteiger charge is 2.32. The Balaban J connectivity index is 1.52. The lowest BCUT2D eigenvalue weighted by Gasteiger charge is -2.36. The van der Waals surface area contributed by atoms with E-state index < -0.39 is 6.04 Å². The second kappa shape index (κ2) is 15.9. The van der Waals surface area contributed by atoms with Crippen molar-refractivity contribution < 1.29 is 19.5 Å². The lowest BCUT2D eigenvalue weighted by Crippen LogP contribution is -2.46. The van der Waals surface area contributed by atoms with Gasteiger partial charge >= 0.3 is 0 Å². The van der Waals surface area contributed by atoms with E-state index in [-0.39, 0.29) is 30.7 Å². The molecule has 4 aromatic rings. The minimum Gasteiger partial charge on any atom is -0.394 e. The zero-order valence-corrected chi connectivity index (χ0v) is 28.5. The summed E-state index contributed by atoms with van der Waals surface area (Å²) in [6, 6.07) is 22.3. The van der Waals surface area contributed by atoms with Crippen LogP contribution in [0.1, 0.15) is 88.3 Å². The van der Waals surface area contributed by atoms with Gasteiger partial charge in [0.2, 0.25) is 5.91 Å². The molecule has 9 nitrogen and oxygen atoms in total. The van der Waals surface area contributed by atoms with Crippen molar-refractivity contribution in [1.29, 1.82) is 0 Å². The van der Waals surface area contributed by atoms with Crippen LogP contribution in [0.5, 0.6) is 0 Å². The Morgan fingerprint density at radius 1 is 0.917 bits per heavy atom. The van der Waals surface area contributed by atoms with Gasteiger partial charge in [-0.3, -0.25) is 14.4 Å². The van der Waals surface area contributed by atoms with E-state index in [0.29, 0.717) is 54.4 Å². The largest absolute Gasteiger partial charge is 0.394 e. The number of carbonyl (C=O) groups is 3. The third-order valence-electron chi connectivity index (χ3n) is 9.14. The molecule has 1 atom stereocenters. The molecule has 48 heavy (non-hydrogen) atoms. The van der Waals surface area contributed by atoms with Crippen LogP contribution in [0.3, 0.4) is 0 Å². The SMILES string of the molecule is CCCCN(CCCC)C(=O)c1cc(C)n(-c2ccc(NC(=O)Cc3ccccc3C)cc2C(=O)N2Cc3ccccc3C[C@H]2CO)n1. The van der Waals surface area contributed by atoms with Crippen molar-refractivity contribution in [2.75, 3.05) is 25.0 Å². The van der Waals surface area contributed by atoms with Gasteiger partial charge in [0.1, 0.15) is 0 Å². The number of aliphatic hydroxyl groups is 1. The number of nitrogens with one attached hydrogen (secondary N) is 1. The number of benzene rings is 3. The van der Waals surface area contributed by atoms with Crippen LogP contribution in [0, 0.1) is 13.8 Å². The molecule has 3 aromatic carbocycles. The van der Waals surface area contributed by atoms with Crippen molar-refractivity contribution in [2.24, 2.45) is 0 Å². The van der Waals surface area contributed by atoms with Crippen molar-refractivity contribution in [3.05, 3.63) is 112 Å². The maximum Gasteiger partial charge on any atom is 0.274 e. The van der Waals surface area contributed by atoms with Crippen molar-refractivity contribution in [3.8, 4) is 5.69 Å². The van der Waals surface area contributed by atoms with Gasteiger partial charge in [-0.1, -0.05) is 75.2 Å². The fourth-order valence-electron chi connectivity index (χ4n) is 6.30. The van der Waals surface area contributed by atoms with Crippen molar-refractivity contribution in [1.82, 2.24) is 19.6 Å². The van der Waals surface area contributed by atoms with Crippen molar-refractivity contribution >= 4 is 23.4 Å². The molecule has 0 unspecified atom stereocenters. The average Bonchev–Trinajstić information content (AvgIpc) is 3.49. The first-order valence-electron chi connectivity index (χ1n) is 17.1. The number of aliphatic hydroxyl groups excluding tert-OH is 1. The fourth-order valence-corrected chi connectivity index (χ4v) is 6.30. The first kappa shape index (κ1) is 34.6.